The normalized spacial score (nSPS) is 23.9. The maximum absolute atomic E-state index is 7.17. The molecular formula is C39H72O6Si2. The summed E-state index contributed by atoms with van der Waals surface area (Å²) in [5.74, 6) is 0.936. The molecule has 1 fully saturated rings. The molecule has 1 heterocycles. The highest BCUT2D eigenvalue weighted by atomic mass is 28.4. The van der Waals surface area contributed by atoms with Crippen molar-refractivity contribution in [3.63, 3.8) is 0 Å². The summed E-state index contributed by atoms with van der Waals surface area (Å²) in [4.78, 5) is 0. The summed E-state index contributed by atoms with van der Waals surface area (Å²) in [7, 11) is -0.375. The van der Waals surface area contributed by atoms with E-state index in [1.54, 1.807) is 7.11 Å². The fourth-order valence-electron chi connectivity index (χ4n) is 5.71. The van der Waals surface area contributed by atoms with E-state index in [2.05, 4.69) is 132 Å². The van der Waals surface area contributed by atoms with Crippen LogP contribution in [0.5, 0.6) is 0 Å². The lowest BCUT2D eigenvalue weighted by atomic mass is 9.87. The fourth-order valence-corrected chi connectivity index (χ4v) is 8.26. The Labute approximate surface area is 291 Å². The van der Waals surface area contributed by atoms with Gasteiger partial charge in [0.15, 0.2) is 22.9 Å². The quantitative estimate of drug-likeness (QED) is 0.113. The number of benzene rings is 1. The molecule has 1 aliphatic heterocycles. The summed E-state index contributed by atoms with van der Waals surface area (Å²) in [6, 6.07) is 10.4. The zero-order chi connectivity index (χ0) is 35.8. The number of methoxy groups -OCH3 is 2. The molecule has 1 aromatic carbocycles. The topological polar surface area (TPSA) is 55.4 Å². The number of hydrogen-bond donors (Lipinski definition) is 0. The van der Waals surface area contributed by atoms with Gasteiger partial charge in [0, 0.05) is 45.0 Å². The van der Waals surface area contributed by atoms with Crippen molar-refractivity contribution < 1.29 is 27.8 Å². The minimum Gasteiger partial charge on any atom is -0.416 e. The van der Waals surface area contributed by atoms with E-state index >= 15 is 0 Å². The summed E-state index contributed by atoms with van der Waals surface area (Å²) >= 11 is 0. The average molecular weight is 693 g/mol. The predicted molar refractivity (Wildman–Crippen MR) is 202 cm³/mol. The fraction of sp³-hybridized carbons (Fsp3) is 0.795. The van der Waals surface area contributed by atoms with Gasteiger partial charge >= 0.3 is 0 Å². The van der Waals surface area contributed by atoms with Crippen LogP contribution >= 0.6 is 0 Å². The molecule has 0 radical (unpaired) electrons. The minimum absolute atomic E-state index is 0.0130. The Morgan fingerprint density at radius 1 is 0.872 bits per heavy atom. The first-order chi connectivity index (χ1) is 21.6. The molecule has 1 unspecified atom stereocenters. The first kappa shape index (κ1) is 42.3. The molecule has 1 aromatic rings. The molecule has 6 nitrogen and oxygen atoms in total. The van der Waals surface area contributed by atoms with Crippen molar-refractivity contribution in [1.29, 1.82) is 0 Å². The summed E-state index contributed by atoms with van der Waals surface area (Å²) in [5.41, 5.74) is 1.16. The Kier molecular flexibility index (Phi) is 16.1. The van der Waals surface area contributed by atoms with Crippen molar-refractivity contribution in [2.45, 2.75) is 156 Å². The molecule has 8 heteroatoms. The Bertz CT molecular complexity index is 1060. The molecule has 0 spiro atoms. The zero-order valence-electron chi connectivity index (χ0n) is 33.0. The smallest absolute Gasteiger partial charge is 0.192 e. The molecule has 0 saturated carbocycles. The van der Waals surface area contributed by atoms with E-state index in [1.165, 1.54) is 0 Å². The highest BCUT2D eigenvalue weighted by molar-refractivity contribution is 6.74. The van der Waals surface area contributed by atoms with E-state index in [4.69, 9.17) is 27.8 Å². The number of ether oxygens (including phenoxy) is 4. The largest absolute Gasteiger partial charge is 0.416 e. The molecule has 0 aliphatic carbocycles. The van der Waals surface area contributed by atoms with E-state index in [0.717, 1.165) is 18.4 Å². The van der Waals surface area contributed by atoms with Crippen molar-refractivity contribution in [2.75, 3.05) is 20.8 Å². The van der Waals surface area contributed by atoms with Crippen LogP contribution in [-0.2, 0) is 34.4 Å². The van der Waals surface area contributed by atoms with Crippen LogP contribution in [-0.4, -0.2) is 68.2 Å². The van der Waals surface area contributed by atoms with Crippen LogP contribution in [0.15, 0.2) is 42.5 Å². The van der Waals surface area contributed by atoms with Crippen molar-refractivity contribution in [3.05, 3.63) is 48.0 Å². The van der Waals surface area contributed by atoms with Crippen LogP contribution in [0.3, 0.4) is 0 Å². The van der Waals surface area contributed by atoms with E-state index in [0.29, 0.717) is 19.1 Å². The Morgan fingerprint density at radius 3 is 1.98 bits per heavy atom. The highest BCUT2D eigenvalue weighted by Crippen LogP contribution is 2.41. The highest BCUT2D eigenvalue weighted by Gasteiger charge is 2.43. The van der Waals surface area contributed by atoms with E-state index in [1.807, 2.05) is 13.2 Å². The third-order valence-electron chi connectivity index (χ3n) is 11.4. The molecule has 272 valence electrons. The first-order valence-corrected chi connectivity index (χ1v) is 23.8. The van der Waals surface area contributed by atoms with Crippen molar-refractivity contribution >= 4 is 16.6 Å². The molecular weight excluding hydrogens is 621 g/mol. The lowest BCUT2D eigenvalue weighted by molar-refractivity contribution is -0.138. The SMILES string of the molecule is COC1C[C@@H](C)[C@H]([C@@H](C)[C@@H](/C=C\[C@H](C)[C@H](C[C@H](O[Si](C)(C)C(C)(C)C)[C@H](C)CO[Si](C)(C)C(C)(C)C)OC)OCc2ccccc2)O1. The Hall–Kier alpha value is -0.846. The average Bonchev–Trinajstić information content (AvgIpc) is 3.37. The third kappa shape index (κ3) is 12.5. The van der Waals surface area contributed by atoms with E-state index < -0.39 is 16.6 Å². The second-order valence-electron chi connectivity index (χ2n) is 17.3. The molecule has 1 aliphatic rings. The summed E-state index contributed by atoms with van der Waals surface area (Å²) in [6.45, 7) is 33.5. The van der Waals surface area contributed by atoms with Gasteiger partial charge in [-0.15, -0.1) is 0 Å². The lowest BCUT2D eigenvalue weighted by Gasteiger charge is -2.43. The van der Waals surface area contributed by atoms with Crippen LogP contribution in [0.25, 0.3) is 0 Å². The van der Waals surface area contributed by atoms with Gasteiger partial charge in [0.1, 0.15) is 0 Å². The van der Waals surface area contributed by atoms with Gasteiger partial charge in [-0.2, -0.15) is 0 Å². The Balaban J connectivity index is 2.29. The van der Waals surface area contributed by atoms with Crippen LogP contribution in [0.2, 0.25) is 36.3 Å². The molecule has 9 atom stereocenters. The summed E-state index contributed by atoms with van der Waals surface area (Å²) in [5, 5.41) is 0.277. The van der Waals surface area contributed by atoms with Crippen LogP contribution in [0.4, 0.5) is 0 Å². The molecule has 0 bridgehead atoms. The van der Waals surface area contributed by atoms with Gasteiger partial charge in [-0.1, -0.05) is 112 Å². The maximum Gasteiger partial charge on any atom is 0.192 e. The van der Waals surface area contributed by atoms with Crippen LogP contribution in [0.1, 0.15) is 87.6 Å². The second-order valence-corrected chi connectivity index (χ2v) is 26.9. The van der Waals surface area contributed by atoms with Crippen LogP contribution < -0.4 is 0 Å². The first-order valence-electron chi connectivity index (χ1n) is 18.0. The van der Waals surface area contributed by atoms with E-state index in [-0.39, 0.29) is 58.5 Å². The molecule has 0 N–H and O–H groups in total. The van der Waals surface area contributed by atoms with Gasteiger partial charge in [0.2, 0.25) is 0 Å². The monoisotopic (exact) mass is 692 g/mol. The molecule has 0 aromatic heterocycles. The maximum atomic E-state index is 7.17. The molecule has 47 heavy (non-hydrogen) atoms. The van der Waals surface area contributed by atoms with Crippen LogP contribution in [0, 0.1) is 23.7 Å². The molecule has 1 saturated heterocycles. The second kappa shape index (κ2) is 17.9. The number of hydrogen-bond acceptors (Lipinski definition) is 6. The van der Waals surface area contributed by atoms with Gasteiger partial charge < -0.3 is 27.8 Å². The third-order valence-corrected chi connectivity index (χ3v) is 20.4. The summed E-state index contributed by atoms with van der Waals surface area (Å²) < 4.78 is 38.6. The lowest BCUT2D eigenvalue weighted by Crippen LogP contribution is -2.48. The zero-order valence-corrected chi connectivity index (χ0v) is 35.0. The minimum atomic E-state index is -2.04. The van der Waals surface area contributed by atoms with Gasteiger partial charge in [0.05, 0.1) is 31.0 Å². The van der Waals surface area contributed by atoms with Gasteiger partial charge in [-0.25, -0.2) is 0 Å². The number of rotatable bonds is 18. The Morgan fingerprint density at radius 2 is 1.47 bits per heavy atom. The summed E-state index contributed by atoms with van der Waals surface area (Å²) in [6.07, 6.45) is 6.04. The van der Waals surface area contributed by atoms with Gasteiger partial charge in [-0.05, 0) is 54.2 Å². The van der Waals surface area contributed by atoms with Crippen molar-refractivity contribution in [2.24, 2.45) is 23.7 Å². The van der Waals surface area contributed by atoms with Crippen molar-refractivity contribution in [3.8, 4) is 0 Å². The van der Waals surface area contributed by atoms with E-state index in [9.17, 15) is 0 Å². The van der Waals surface area contributed by atoms with Crippen molar-refractivity contribution in [1.82, 2.24) is 0 Å². The molecule has 2 rings (SSSR count). The molecule has 0 amide bonds. The predicted octanol–water partition coefficient (Wildman–Crippen LogP) is 10.3. The van der Waals surface area contributed by atoms with Gasteiger partial charge in [-0.3, -0.25) is 0 Å². The standard InChI is InChI=1S/C39H72O6Si2/c1-28(22-23-33(42-27-32-20-18-17-19-21-32)31(4)37-29(2)24-36(41-12)44-37)34(40-11)25-35(45-47(15,16)39(8,9)10)30(3)26-43-46(13,14)38(5,6)7/h17-23,28-31,33-37H,24-27H2,1-16H3/b23-22-/t28-,29+,30+,31-,33+,34-,35-,36?,37+/m0/s1. The van der Waals surface area contributed by atoms with Gasteiger partial charge in [0.25, 0.3) is 0 Å².